The number of nitrogens with zero attached hydrogens (tertiary/aromatic N) is 2. The standard InChI is InChI=1S/C29H38N4O2S/c1-30-18-15-26(27-14-9-21-36-27)35-25-13-8-7-12-24(25)31-28(34)22-33-19-16-29(17-20-33,32(2)3)23-10-5-4-6-11-23/h4-14,21,26,30H,15-20,22H2,1-3H3,(H,31,34)/t26-/m0/s1. The summed E-state index contributed by atoms with van der Waals surface area (Å²) < 4.78 is 6.42. The number of amides is 1. The lowest BCUT2D eigenvalue weighted by Gasteiger charge is -2.46. The molecule has 2 N–H and O–H groups in total. The summed E-state index contributed by atoms with van der Waals surface area (Å²) in [6, 6.07) is 22.6. The number of nitrogens with one attached hydrogen (secondary N) is 2. The second kappa shape index (κ2) is 12.5. The minimum Gasteiger partial charge on any atom is -0.483 e. The average molecular weight is 507 g/mol. The smallest absolute Gasteiger partial charge is 0.238 e. The summed E-state index contributed by atoms with van der Waals surface area (Å²) in [7, 11) is 6.27. The lowest BCUT2D eigenvalue weighted by atomic mass is 9.80. The van der Waals surface area contributed by atoms with Gasteiger partial charge in [0.2, 0.25) is 5.91 Å². The van der Waals surface area contributed by atoms with Crippen molar-refractivity contribution >= 4 is 22.9 Å². The van der Waals surface area contributed by atoms with Crippen LogP contribution in [0.1, 0.15) is 35.8 Å². The molecule has 1 aromatic heterocycles. The third-order valence-corrected chi connectivity index (χ3v) is 8.13. The minimum atomic E-state index is -0.0604. The predicted octanol–water partition coefficient (Wildman–Crippen LogP) is 4.97. The molecule has 0 aliphatic carbocycles. The van der Waals surface area contributed by atoms with E-state index in [4.69, 9.17) is 4.74 Å². The van der Waals surface area contributed by atoms with Crippen molar-refractivity contribution in [2.45, 2.75) is 30.9 Å². The summed E-state index contributed by atoms with van der Waals surface area (Å²) in [5, 5.41) is 8.39. The highest BCUT2D eigenvalue weighted by Gasteiger charge is 2.38. The molecule has 2 heterocycles. The number of piperidine rings is 1. The highest BCUT2D eigenvalue weighted by Crippen LogP contribution is 2.37. The SMILES string of the molecule is CNCC[C@H](Oc1ccccc1NC(=O)CN1CCC(c2ccccc2)(N(C)C)CC1)c1cccs1. The van der Waals surface area contributed by atoms with Gasteiger partial charge < -0.3 is 15.4 Å². The predicted molar refractivity (Wildman–Crippen MR) is 149 cm³/mol. The number of thiophene rings is 1. The van der Waals surface area contributed by atoms with Crippen LogP contribution in [0.4, 0.5) is 5.69 Å². The van der Waals surface area contributed by atoms with Crippen LogP contribution in [0.25, 0.3) is 0 Å². The molecule has 36 heavy (non-hydrogen) atoms. The van der Waals surface area contributed by atoms with Crippen LogP contribution in [0.2, 0.25) is 0 Å². The van der Waals surface area contributed by atoms with Gasteiger partial charge >= 0.3 is 0 Å². The first-order valence-corrected chi connectivity index (χ1v) is 13.6. The van der Waals surface area contributed by atoms with Gasteiger partial charge in [-0.1, -0.05) is 48.5 Å². The Morgan fingerprint density at radius 3 is 2.44 bits per heavy atom. The number of carbonyl (C=O) groups is 1. The average Bonchev–Trinajstić information content (AvgIpc) is 3.43. The van der Waals surface area contributed by atoms with E-state index in [1.165, 1.54) is 10.4 Å². The normalized spacial score (nSPS) is 16.6. The Labute approximate surface area is 219 Å². The van der Waals surface area contributed by atoms with Gasteiger partial charge in [-0.25, -0.2) is 0 Å². The quantitative estimate of drug-likeness (QED) is 0.385. The van der Waals surface area contributed by atoms with Gasteiger partial charge in [0, 0.05) is 29.9 Å². The maximum atomic E-state index is 13.1. The minimum absolute atomic E-state index is 0.00832. The van der Waals surface area contributed by atoms with Crippen LogP contribution in [0.5, 0.6) is 5.75 Å². The molecule has 1 aliphatic heterocycles. The number of carbonyl (C=O) groups excluding carboxylic acids is 1. The zero-order valence-corrected chi connectivity index (χ0v) is 22.4. The molecule has 0 bridgehead atoms. The van der Waals surface area contributed by atoms with Crippen LogP contribution < -0.4 is 15.4 Å². The van der Waals surface area contributed by atoms with E-state index in [9.17, 15) is 4.79 Å². The summed E-state index contributed by atoms with van der Waals surface area (Å²) in [6.07, 6.45) is 2.77. The third kappa shape index (κ3) is 6.34. The van der Waals surface area contributed by atoms with Gasteiger partial charge in [0.25, 0.3) is 0 Å². The van der Waals surface area contributed by atoms with Gasteiger partial charge in [0.1, 0.15) is 11.9 Å². The van der Waals surface area contributed by atoms with E-state index in [1.54, 1.807) is 11.3 Å². The van der Waals surface area contributed by atoms with Crippen molar-refractivity contribution in [3.05, 3.63) is 82.6 Å². The Balaban J connectivity index is 1.37. The largest absolute Gasteiger partial charge is 0.483 e. The second-order valence-electron chi connectivity index (χ2n) is 9.63. The number of hydrogen-bond donors (Lipinski definition) is 2. The van der Waals surface area contributed by atoms with Crippen LogP contribution in [0.3, 0.4) is 0 Å². The van der Waals surface area contributed by atoms with Crippen molar-refractivity contribution < 1.29 is 9.53 Å². The summed E-state index contributed by atoms with van der Waals surface area (Å²) in [5.74, 6) is 0.695. The van der Waals surface area contributed by atoms with Crippen LogP contribution in [-0.4, -0.2) is 63.0 Å². The van der Waals surface area contributed by atoms with E-state index in [2.05, 4.69) is 76.3 Å². The molecule has 192 valence electrons. The van der Waals surface area contributed by atoms with Gasteiger partial charge in [-0.2, -0.15) is 0 Å². The Morgan fingerprint density at radius 2 is 1.78 bits per heavy atom. The highest BCUT2D eigenvalue weighted by atomic mass is 32.1. The molecule has 4 rings (SSSR count). The molecule has 1 fully saturated rings. The van der Waals surface area contributed by atoms with E-state index in [0.717, 1.165) is 44.6 Å². The van der Waals surface area contributed by atoms with Gasteiger partial charge in [-0.05, 0) is 69.7 Å². The summed E-state index contributed by atoms with van der Waals surface area (Å²) in [6.45, 7) is 2.98. The number of anilines is 1. The topological polar surface area (TPSA) is 56.8 Å². The summed E-state index contributed by atoms with van der Waals surface area (Å²) in [4.78, 5) is 18.8. The molecular weight excluding hydrogens is 468 g/mol. The second-order valence-corrected chi connectivity index (χ2v) is 10.6. The first-order chi connectivity index (χ1) is 17.5. The van der Waals surface area contributed by atoms with Gasteiger partial charge in [-0.15, -0.1) is 11.3 Å². The van der Waals surface area contributed by atoms with Crippen molar-refractivity contribution in [1.82, 2.24) is 15.1 Å². The molecule has 0 saturated carbocycles. The molecule has 1 saturated heterocycles. The lowest BCUT2D eigenvalue weighted by Crippen LogP contribution is -2.51. The molecule has 2 aromatic carbocycles. The fourth-order valence-electron chi connectivity index (χ4n) is 5.05. The first-order valence-electron chi connectivity index (χ1n) is 12.7. The Morgan fingerprint density at radius 1 is 1.06 bits per heavy atom. The van der Waals surface area contributed by atoms with Crippen molar-refractivity contribution in [1.29, 1.82) is 0 Å². The molecule has 0 unspecified atom stereocenters. The monoisotopic (exact) mass is 506 g/mol. The molecular formula is C29H38N4O2S. The van der Waals surface area contributed by atoms with Crippen molar-refractivity contribution in [2.75, 3.05) is 52.6 Å². The zero-order valence-electron chi connectivity index (χ0n) is 21.6. The maximum Gasteiger partial charge on any atom is 0.238 e. The fraction of sp³-hybridized carbons (Fsp3) is 0.414. The van der Waals surface area contributed by atoms with Crippen molar-refractivity contribution in [3.8, 4) is 5.75 Å². The van der Waals surface area contributed by atoms with Gasteiger partial charge in [0.15, 0.2) is 0 Å². The fourth-order valence-corrected chi connectivity index (χ4v) is 5.84. The molecule has 0 radical (unpaired) electrons. The number of likely N-dealkylation sites (tertiary alicyclic amines) is 1. The number of para-hydroxylation sites is 2. The van der Waals surface area contributed by atoms with Crippen LogP contribution in [0.15, 0.2) is 72.1 Å². The number of benzene rings is 2. The number of hydrogen-bond acceptors (Lipinski definition) is 6. The van der Waals surface area contributed by atoms with E-state index in [0.29, 0.717) is 12.3 Å². The van der Waals surface area contributed by atoms with Gasteiger partial charge in [-0.3, -0.25) is 14.6 Å². The molecule has 0 spiro atoms. The Bertz CT molecular complexity index is 1080. The van der Waals surface area contributed by atoms with Crippen molar-refractivity contribution in [2.24, 2.45) is 0 Å². The molecule has 7 heteroatoms. The van der Waals surface area contributed by atoms with E-state index in [1.807, 2.05) is 37.4 Å². The van der Waals surface area contributed by atoms with E-state index in [-0.39, 0.29) is 17.6 Å². The molecule has 1 atom stereocenters. The molecule has 6 nitrogen and oxygen atoms in total. The van der Waals surface area contributed by atoms with E-state index < -0.39 is 0 Å². The summed E-state index contributed by atoms with van der Waals surface area (Å²) in [5.41, 5.74) is 2.08. The molecule has 3 aromatic rings. The zero-order chi connectivity index (χ0) is 25.4. The maximum absolute atomic E-state index is 13.1. The summed E-state index contributed by atoms with van der Waals surface area (Å²) >= 11 is 1.69. The Hall–Kier alpha value is -2.71. The number of rotatable bonds is 11. The van der Waals surface area contributed by atoms with Crippen LogP contribution >= 0.6 is 11.3 Å². The van der Waals surface area contributed by atoms with Crippen LogP contribution in [-0.2, 0) is 10.3 Å². The first kappa shape index (κ1) is 26.4. The van der Waals surface area contributed by atoms with Gasteiger partial charge in [0.05, 0.1) is 12.2 Å². The number of ether oxygens (including phenoxy) is 1. The molecule has 1 aliphatic rings. The molecule has 1 amide bonds. The van der Waals surface area contributed by atoms with E-state index >= 15 is 0 Å². The van der Waals surface area contributed by atoms with Crippen LogP contribution in [0, 0.1) is 0 Å². The van der Waals surface area contributed by atoms with Crippen molar-refractivity contribution in [3.63, 3.8) is 0 Å². The highest BCUT2D eigenvalue weighted by molar-refractivity contribution is 7.10. The Kier molecular flexibility index (Phi) is 9.15. The lowest BCUT2D eigenvalue weighted by molar-refractivity contribution is -0.118. The third-order valence-electron chi connectivity index (χ3n) is 7.17.